The molecule has 0 aliphatic rings. The predicted molar refractivity (Wildman–Crippen MR) is 101 cm³/mol. The van der Waals surface area contributed by atoms with Crippen LogP contribution in [0.2, 0.25) is 0 Å². The van der Waals surface area contributed by atoms with E-state index in [0.29, 0.717) is 11.5 Å². The van der Waals surface area contributed by atoms with Crippen LogP contribution in [-0.4, -0.2) is 37.3 Å². The number of hydrogen-bond donors (Lipinski definition) is 0. The Morgan fingerprint density at radius 1 is 1.08 bits per heavy atom. The van der Waals surface area contributed by atoms with E-state index in [4.69, 9.17) is 26.1 Å². The standard InChI is InChI=1S/C19H22N2O3S/c1-20(11-10-14-8-9-17(22-2)18(12-14)23-3)13-21-15-6-4-5-7-16(15)24-19(21)25/h4-9,12H,10-11,13H2,1-3H3. The van der Waals surface area contributed by atoms with E-state index in [-0.39, 0.29) is 0 Å². The van der Waals surface area contributed by atoms with Crippen LogP contribution in [0.15, 0.2) is 46.9 Å². The summed E-state index contributed by atoms with van der Waals surface area (Å²) in [6.45, 7) is 1.57. The molecule has 5 nitrogen and oxygen atoms in total. The Hall–Kier alpha value is -2.31. The maximum absolute atomic E-state index is 5.64. The summed E-state index contributed by atoms with van der Waals surface area (Å²) in [7, 11) is 5.37. The Kier molecular flexibility index (Phi) is 5.40. The third-order valence-corrected chi connectivity index (χ3v) is 4.49. The molecular formula is C19H22N2O3S. The summed E-state index contributed by atoms with van der Waals surface area (Å²) in [5.74, 6) is 1.50. The first kappa shape index (κ1) is 17.5. The molecule has 3 aromatic rings. The molecule has 0 N–H and O–H groups in total. The highest BCUT2D eigenvalue weighted by atomic mass is 32.1. The molecule has 0 spiro atoms. The number of ether oxygens (including phenoxy) is 2. The van der Waals surface area contributed by atoms with Crippen molar-refractivity contribution in [2.24, 2.45) is 0 Å². The highest BCUT2D eigenvalue weighted by Crippen LogP contribution is 2.27. The summed E-state index contributed by atoms with van der Waals surface area (Å²) < 4.78 is 18.3. The fraction of sp³-hybridized carbons (Fsp3) is 0.316. The second-order valence-electron chi connectivity index (χ2n) is 5.92. The summed E-state index contributed by atoms with van der Waals surface area (Å²) in [5, 5.41) is 0. The molecule has 0 atom stereocenters. The fourth-order valence-corrected chi connectivity index (χ4v) is 3.06. The summed E-state index contributed by atoms with van der Waals surface area (Å²) in [6, 6.07) is 13.9. The average Bonchev–Trinajstić information content (AvgIpc) is 2.95. The van der Waals surface area contributed by atoms with E-state index in [0.717, 1.165) is 35.6 Å². The molecule has 3 rings (SSSR count). The largest absolute Gasteiger partial charge is 0.493 e. The molecule has 0 bridgehead atoms. The maximum atomic E-state index is 5.64. The molecule has 0 fully saturated rings. The zero-order chi connectivity index (χ0) is 17.8. The van der Waals surface area contributed by atoms with Crippen LogP contribution < -0.4 is 9.47 Å². The zero-order valence-corrected chi connectivity index (χ0v) is 15.5. The number of fused-ring (bicyclic) bond motifs is 1. The van der Waals surface area contributed by atoms with Crippen molar-refractivity contribution in [1.29, 1.82) is 0 Å². The van der Waals surface area contributed by atoms with Crippen LogP contribution in [0.5, 0.6) is 11.5 Å². The molecule has 1 heterocycles. The van der Waals surface area contributed by atoms with Crippen molar-refractivity contribution in [1.82, 2.24) is 9.47 Å². The van der Waals surface area contributed by atoms with Crippen LogP contribution in [0.3, 0.4) is 0 Å². The maximum Gasteiger partial charge on any atom is 0.270 e. The van der Waals surface area contributed by atoms with Crippen molar-refractivity contribution >= 4 is 23.3 Å². The highest BCUT2D eigenvalue weighted by Gasteiger charge is 2.09. The van der Waals surface area contributed by atoms with E-state index in [2.05, 4.69) is 18.0 Å². The topological polar surface area (TPSA) is 39.8 Å². The van der Waals surface area contributed by atoms with Crippen molar-refractivity contribution in [3.05, 3.63) is 52.9 Å². The van der Waals surface area contributed by atoms with Crippen molar-refractivity contribution in [3.63, 3.8) is 0 Å². The summed E-state index contributed by atoms with van der Waals surface area (Å²) in [4.78, 5) is 2.72. The third kappa shape index (κ3) is 3.86. The monoisotopic (exact) mass is 358 g/mol. The fourth-order valence-electron chi connectivity index (χ4n) is 2.82. The van der Waals surface area contributed by atoms with Gasteiger partial charge in [-0.1, -0.05) is 18.2 Å². The van der Waals surface area contributed by atoms with Gasteiger partial charge in [-0.2, -0.15) is 0 Å². The van der Waals surface area contributed by atoms with E-state index in [1.54, 1.807) is 14.2 Å². The minimum atomic E-state index is 0.499. The van der Waals surface area contributed by atoms with Crippen LogP contribution in [-0.2, 0) is 13.1 Å². The molecule has 0 saturated heterocycles. The molecule has 25 heavy (non-hydrogen) atoms. The Balaban J connectivity index is 1.68. The summed E-state index contributed by atoms with van der Waals surface area (Å²) in [6.07, 6.45) is 0.903. The number of para-hydroxylation sites is 2. The van der Waals surface area contributed by atoms with Gasteiger partial charge in [-0.25, -0.2) is 0 Å². The minimum Gasteiger partial charge on any atom is -0.493 e. The summed E-state index contributed by atoms with van der Waals surface area (Å²) >= 11 is 5.35. The highest BCUT2D eigenvalue weighted by molar-refractivity contribution is 7.71. The smallest absolute Gasteiger partial charge is 0.270 e. The molecule has 0 saturated carbocycles. The molecular weight excluding hydrogens is 336 g/mol. The van der Waals surface area contributed by atoms with Gasteiger partial charge in [0.25, 0.3) is 4.84 Å². The number of methoxy groups -OCH3 is 2. The van der Waals surface area contributed by atoms with E-state index in [1.165, 1.54) is 5.56 Å². The van der Waals surface area contributed by atoms with Crippen LogP contribution in [0.4, 0.5) is 0 Å². The Labute approximate surface area is 152 Å². The van der Waals surface area contributed by atoms with Gasteiger partial charge in [0.05, 0.1) is 26.4 Å². The minimum absolute atomic E-state index is 0.499. The SMILES string of the molecule is COc1ccc(CCN(C)Cn2c(=S)oc3ccccc32)cc1OC. The van der Waals surface area contributed by atoms with Crippen molar-refractivity contribution in [2.45, 2.75) is 13.1 Å². The number of oxazole rings is 1. The first-order valence-corrected chi connectivity index (χ1v) is 8.51. The van der Waals surface area contributed by atoms with E-state index < -0.39 is 0 Å². The lowest BCUT2D eigenvalue weighted by atomic mass is 10.1. The van der Waals surface area contributed by atoms with E-state index >= 15 is 0 Å². The van der Waals surface area contributed by atoms with Crippen molar-refractivity contribution < 1.29 is 13.9 Å². The van der Waals surface area contributed by atoms with Gasteiger partial charge in [0, 0.05) is 6.54 Å². The lowest BCUT2D eigenvalue weighted by Gasteiger charge is -2.18. The quantitative estimate of drug-likeness (QED) is 0.594. The Morgan fingerprint density at radius 3 is 2.60 bits per heavy atom. The van der Waals surface area contributed by atoms with Gasteiger partial charge in [0.15, 0.2) is 17.1 Å². The molecule has 0 radical (unpaired) electrons. The number of aromatic nitrogens is 1. The second kappa shape index (κ2) is 7.72. The van der Waals surface area contributed by atoms with Crippen molar-refractivity contribution in [3.8, 4) is 11.5 Å². The zero-order valence-electron chi connectivity index (χ0n) is 14.7. The van der Waals surface area contributed by atoms with Gasteiger partial charge in [-0.15, -0.1) is 0 Å². The van der Waals surface area contributed by atoms with Crippen LogP contribution in [0.25, 0.3) is 11.1 Å². The summed E-state index contributed by atoms with van der Waals surface area (Å²) in [5.41, 5.74) is 3.04. The molecule has 6 heteroatoms. The first-order chi connectivity index (χ1) is 12.1. The molecule has 0 amide bonds. The number of benzene rings is 2. The van der Waals surface area contributed by atoms with Crippen LogP contribution in [0, 0.1) is 4.84 Å². The van der Waals surface area contributed by atoms with Gasteiger partial charge in [-0.3, -0.25) is 9.47 Å². The van der Waals surface area contributed by atoms with Crippen LogP contribution >= 0.6 is 12.2 Å². The van der Waals surface area contributed by atoms with Gasteiger partial charge in [0.2, 0.25) is 0 Å². The lowest BCUT2D eigenvalue weighted by Crippen LogP contribution is -2.24. The van der Waals surface area contributed by atoms with Gasteiger partial charge in [0.1, 0.15) is 0 Å². The molecule has 0 aliphatic carbocycles. The third-order valence-electron chi connectivity index (χ3n) is 4.19. The molecule has 132 valence electrons. The normalized spacial score (nSPS) is 11.2. The molecule has 1 aromatic heterocycles. The Bertz CT molecular complexity index is 916. The van der Waals surface area contributed by atoms with E-state index in [1.807, 2.05) is 41.0 Å². The number of nitrogens with zero attached hydrogens (tertiary/aromatic N) is 2. The lowest BCUT2D eigenvalue weighted by molar-refractivity contribution is 0.268. The second-order valence-corrected chi connectivity index (χ2v) is 6.27. The van der Waals surface area contributed by atoms with Crippen LogP contribution in [0.1, 0.15) is 5.56 Å². The number of hydrogen-bond acceptors (Lipinski definition) is 5. The van der Waals surface area contributed by atoms with Crippen molar-refractivity contribution in [2.75, 3.05) is 27.8 Å². The predicted octanol–water partition coefficient (Wildman–Crippen LogP) is 4.11. The van der Waals surface area contributed by atoms with Gasteiger partial charge < -0.3 is 13.9 Å². The van der Waals surface area contributed by atoms with E-state index in [9.17, 15) is 0 Å². The molecule has 2 aromatic carbocycles. The molecule has 0 unspecified atom stereocenters. The Morgan fingerprint density at radius 2 is 1.84 bits per heavy atom. The van der Waals surface area contributed by atoms with Gasteiger partial charge >= 0.3 is 0 Å². The van der Waals surface area contributed by atoms with Gasteiger partial charge in [-0.05, 0) is 55.5 Å². The number of likely N-dealkylation sites (N-methyl/N-ethyl adjacent to an activating group) is 1. The number of rotatable bonds is 7. The first-order valence-electron chi connectivity index (χ1n) is 8.10. The average molecular weight is 358 g/mol. The molecule has 0 aliphatic heterocycles.